The Kier molecular flexibility index (Phi) is 6.21. The molecule has 7 nitrogen and oxygen atoms in total. The second-order valence-corrected chi connectivity index (χ2v) is 7.92. The van der Waals surface area contributed by atoms with Gasteiger partial charge in [-0.1, -0.05) is 23.7 Å². The lowest BCUT2D eigenvalue weighted by molar-refractivity contribution is -0.387. The summed E-state index contributed by atoms with van der Waals surface area (Å²) < 4.78 is 65.2. The van der Waals surface area contributed by atoms with Crippen molar-refractivity contribution in [1.82, 2.24) is 0 Å². The fourth-order valence-electron chi connectivity index (χ4n) is 2.24. The van der Waals surface area contributed by atoms with E-state index < -0.39 is 59.8 Å². The van der Waals surface area contributed by atoms with Gasteiger partial charge in [0.15, 0.2) is 4.90 Å². The molecule has 0 saturated heterocycles. The van der Waals surface area contributed by atoms with Gasteiger partial charge in [0.25, 0.3) is 15.7 Å². The summed E-state index contributed by atoms with van der Waals surface area (Å²) in [4.78, 5) is 20.7. The lowest BCUT2D eigenvalue weighted by Gasteiger charge is -2.24. The highest BCUT2D eigenvalue weighted by atomic mass is 35.5. The average Bonchev–Trinajstić information content (AvgIpc) is 2.59. The fourth-order valence-corrected chi connectivity index (χ4v) is 4.29. The van der Waals surface area contributed by atoms with E-state index in [9.17, 15) is 36.5 Å². The number of alkyl halides is 3. The topological polar surface area (TPSA) is 97.6 Å². The van der Waals surface area contributed by atoms with E-state index in [2.05, 4.69) is 0 Å². The summed E-state index contributed by atoms with van der Waals surface area (Å²) >= 11 is 11.1. The Hall–Kier alpha value is -2.37. The zero-order valence-corrected chi connectivity index (χ0v) is 15.8. The Morgan fingerprint density at radius 3 is 2.32 bits per heavy atom. The number of nitro benzene ring substituents is 1. The number of rotatable bonds is 6. The van der Waals surface area contributed by atoms with Crippen molar-refractivity contribution in [3.05, 3.63) is 63.2 Å². The van der Waals surface area contributed by atoms with Gasteiger partial charge in [-0.2, -0.15) is 13.2 Å². The molecular weight excluding hydrogens is 448 g/mol. The highest BCUT2D eigenvalue weighted by Gasteiger charge is 2.36. The Bertz CT molecular complexity index is 1040. The normalized spacial score (nSPS) is 11.9. The van der Waals surface area contributed by atoms with Gasteiger partial charge in [0.2, 0.25) is 5.24 Å². The molecule has 0 amide bonds. The molecule has 0 fully saturated rings. The molecule has 2 aromatic rings. The average molecular weight is 457 g/mol. The third-order valence-electron chi connectivity index (χ3n) is 3.44. The van der Waals surface area contributed by atoms with Crippen LogP contribution in [0.5, 0.6) is 0 Å². The molecule has 28 heavy (non-hydrogen) atoms. The second-order valence-electron chi connectivity index (χ2n) is 5.26. The molecule has 2 aromatic carbocycles. The number of para-hydroxylation sites is 1. The number of sulfonamides is 1. The summed E-state index contributed by atoms with van der Waals surface area (Å²) in [6.07, 6.45) is -4.83. The number of nitro groups is 1. The van der Waals surface area contributed by atoms with E-state index in [1.54, 1.807) is 0 Å². The second kappa shape index (κ2) is 7.94. The summed E-state index contributed by atoms with van der Waals surface area (Å²) in [5.74, 6) is 0. The van der Waals surface area contributed by atoms with Crippen molar-refractivity contribution >= 4 is 49.8 Å². The quantitative estimate of drug-likeness (QED) is 0.368. The van der Waals surface area contributed by atoms with Crippen LogP contribution in [0.3, 0.4) is 0 Å². The highest BCUT2D eigenvalue weighted by molar-refractivity contribution is 7.93. The maximum atomic E-state index is 13.0. The SMILES string of the molecule is O=C(Cl)CN(c1cc(C(F)(F)F)ccc1Cl)S(=O)(=O)c1ccccc1[N+](=O)[O-]. The van der Waals surface area contributed by atoms with Crippen LogP contribution in [0.2, 0.25) is 5.02 Å². The third kappa shape index (κ3) is 4.54. The zero-order valence-electron chi connectivity index (χ0n) is 13.5. The van der Waals surface area contributed by atoms with Gasteiger partial charge in [0.05, 0.1) is 21.2 Å². The van der Waals surface area contributed by atoms with Crippen molar-refractivity contribution in [1.29, 1.82) is 0 Å². The van der Waals surface area contributed by atoms with Crippen LogP contribution >= 0.6 is 23.2 Å². The van der Waals surface area contributed by atoms with E-state index in [1.807, 2.05) is 0 Å². The van der Waals surface area contributed by atoms with Gasteiger partial charge in [-0.3, -0.25) is 19.2 Å². The van der Waals surface area contributed by atoms with Crippen molar-refractivity contribution in [2.75, 3.05) is 10.8 Å². The van der Waals surface area contributed by atoms with Gasteiger partial charge in [-0.05, 0) is 35.9 Å². The molecule has 0 saturated carbocycles. The van der Waals surface area contributed by atoms with Gasteiger partial charge in [0.1, 0.15) is 6.54 Å². The number of nitrogens with zero attached hydrogens (tertiary/aromatic N) is 2. The van der Waals surface area contributed by atoms with Gasteiger partial charge >= 0.3 is 6.18 Å². The summed E-state index contributed by atoms with van der Waals surface area (Å²) in [6, 6.07) is 5.96. The van der Waals surface area contributed by atoms with E-state index in [1.165, 1.54) is 12.1 Å². The number of carbonyl (C=O) groups is 1. The van der Waals surface area contributed by atoms with Crippen molar-refractivity contribution in [2.45, 2.75) is 11.1 Å². The maximum Gasteiger partial charge on any atom is 0.416 e. The fraction of sp³-hybridized carbons (Fsp3) is 0.133. The van der Waals surface area contributed by atoms with Crippen molar-refractivity contribution < 1.29 is 31.3 Å². The summed E-state index contributed by atoms with van der Waals surface area (Å²) in [7, 11) is -4.88. The van der Waals surface area contributed by atoms with Crippen molar-refractivity contribution in [3.8, 4) is 0 Å². The molecule has 0 spiro atoms. The minimum Gasteiger partial charge on any atom is -0.279 e. The zero-order chi connectivity index (χ0) is 21.3. The molecule has 0 heterocycles. The summed E-state index contributed by atoms with van der Waals surface area (Å²) in [5, 5.41) is 9.48. The Balaban J connectivity index is 2.76. The molecule has 0 bridgehead atoms. The monoisotopic (exact) mass is 456 g/mol. The van der Waals surface area contributed by atoms with E-state index in [0.29, 0.717) is 12.1 Å². The first-order chi connectivity index (χ1) is 12.9. The number of hydrogen-bond donors (Lipinski definition) is 0. The molecule has 0 unspecified atom stereocenters. The lowest BCUT2D eigenvalue weighted by Crippen LogP contribution is -2.35. The van der Waals surface area contributed by atoms with Crippen LogP contribution < -0.4 is 4.31 Å². The Morgan fingerprint density at radius 1 is 1.18 bits per heavy atom. The first-order valence-corrected chi connectivity index (χ1v) is 9.36. The Labute approximate surface area is 166 Å². The highest BCUT2D eigenvalue weighted by Crippen LogP contribution is 2.38. The smallest absolute Gasteiger partial charge is 0.279 e. The Morgan fingerprint density at radius 2 is 1.79 bits per heavy atom. The van der Waals surface area contributed by atoms with Gasteiger partial charge in [-0.15, -0.1) is 0 Å². The molecule has 0 aliphatic rings. The molecular formula is C15H9Cl2F3N2O5S. The van der Waals surface area contributed by atoms with E-state index in [0.717, 1.165) is 18.2 Å². The van der Waals surface area contributed by atoms with Crippen LogP contribution in [-0.2, 0) is 21.0 Å². The molecule has 0 aliphatic heterocycles. The van der Waals surface area contributed by atoms with E-state index in [4.69, 9.17) is 23.2 Å². The molecule has 150 valence electrons. The van der Waals surface area contributed by atoms with Crippen LogP contribution in [-0.4, -0.2) is 25.1 Å². The first kappa shape index (κ1) is 21.9. The first-order valence-electron chi connectivity index (χ1n) is 7.17. The number of carbonyl (C=O) groups excluding carboxylic acids is 1. The largest absolute Gasteiger partial charge is 0.416 e. The number of halogens is 5. The van der Waals surface area contributed by atoms with Gasteiger partial charge < -0.3 is 0 Å². The van der Waals surface area contributed by atoms with Crippen LogP contribution in [0.25, 0.3) is 0 Å². The third-order valence-corrected chi connectivity index (χ3v) is 5.69. The maximum absolute atomic E-state index is 13.0. The molecule has 0 aliphatic carbocycles. The predicted molar refractivity (Wildman–Crippen MR) is 94.9 cm³/mol. The van der Waals surface area contributed by atoms with E-state index >= 15 is 0 Å². The van der Waals surface area contributed by atoms with Gasteiger partial charge in [-0.25, -0.2) is 8.42 Å². The van der Waals surface area contributed by atoms with Crippen LogP contribution in [0, 0.1) is 10.1 Å². The number of anilines is 1. The molecule has 0 N–H and O–H groups in total. The molecule has 13 heteroatoms. The minimum absolute atomic E-state index is 0.197. The molecule has 2 rings (SSSR count). The number of benzene rings is 2. The van der Waals surface area contributed by atoms with Crippen LogP contribution in [0.1, 0.15) is 5.56 Å². The van der Waals surface area contributed by atoms with E-state index in [-0.39, 0.29) is 4.31 Å². The standard InChI is InChI=1S/C15H9Cl2F3N2O5S/c16-10-6-5-9(15(18,19)20)7-12(10)21(8-14(17)23)28(26,27)13-4-2-1-3-11(13)22(24)25/h1-7H,8H2. The molecule has 0 atom stereocenters. The summed E-state index contributed by atoms with van der Waals surface area (Å²) in [5.41, 5.74) is -2.78. The van der Waals surface area contributed by atoms with Gasteiger partial charge in [0, 0.05) is 6.07 Å². The van der Waals surface area contributed by atoms with Crippen LogP contribution in [0.4, 0.5) is 24.5 Å². The number of hydrogen-bond acceptors (Lipinski definition) is 5. The summed E-state index contributed by atoms with van der Waals surface area (Å²) in [6.45, 7) is -1.10. The molecule has 0 radical (unpaired) electrons. The molecule has 0 aromatic heterocycles. The minimum atomic E-state index is -4.88. The lowest BCUT2D eigenvalue weighted by atomic mass is 10.2. The predicted octanol–water partition coefficient (Wildman–Crippen LogP) is 4.23. The van der Waals surface area contributed by atoms with Crippen molar-refractivity contribution in [2.24, 2.45) is 0 Å². The van der Waals surface area contributed by atoms with Crippen LogP contribution in [0.15, 0.2) is 47.4 Å². The van der Waals surface area contributed by atoms with Crippen molar-refractivity contribution in [3.63, 3.8) is 0 Å².